The first-order valence-electron chi connectivity index (χ1n) is 10.4. The fraction of sp³-hybridized carbons (Fsp3) is 0.609. The standard InChI is InChI=1S/C23H33N3O3/c1-23(2,3)22(29)26-14-17-13-25(20(28)12-11-19(27)24(4)5)15-18(17)21(26)16-9-7-6-8-10-16/h6-10,17-18,21H,11-15H2,1-5H3/t17-,18-,21+/m0/s1. The zero-order valence-electron chi connectivity index (χ0n) is 18.2. The molecule has 2 saturated heterocycles. The summed E-state index contributed by atoms with van der Waals surface area (Å²) < 4.78 is 0. The maximum absolute atomic E-state index is 13.1. The van der Waals surface area contributed by atoms with E-state index in [2.05, 4.69) is 12.1 Å². The monoisotopic (exact) mass is 399 g/mol. The molecule has 3 atom stereocenters. The van der Waals surface area contributed by atoms with Crippen molar-refractivity contribution in [3.05, 3.63) is 35.9 Å². The highest BCUT2D eigenvalue weighted by Gasteiger charge is 2.51. The molecule has 1 aromatic carbocycles. The molecule has 0 bridgehead atoms. The summed E-state index contributed by atoms with van der Waals surface area (Å²) in [5.74, 6) is 0.685. The Balaban J connectivity index is 1.75. The van der Waals surface area contributed by atoms with Crippen LogP contribution in [0.2, 0.25) is 0 Å². The summed E-state index contributed by atoms with van der Waals surface area (Å²) in [6.45, 7) is 7.88. The first-order valence-corrected chi connectivity index (χ1v) is 10.4. The van der Waals surface area contributed by atoms with Gasteiger partial charge in [-0.3, -0.25) is 14.4 Å². The number of benzene rings is 1. The van der Waals surface area contributed by atoms with E-state index >= 15 is 0 Å². The lowest BCUT2D eigenvalue weighted by Gasteiger charge is -2.34. The average Bonchev–Trinajstić information content (AvgIpc) is 3.22. The van der Waals surface area contributed by atoms with Crippen LogP contribution in [0.4, 0.5) is 0 Å². The van der Waals surface area contributed by atoms with Gasteiger partial charge in [-0.2, -0.15) is 0 Å². The number of likely N-dealkylation sites (tertiary alicyclic amines) is 2. The number of amides is 3. The molecule has 3 rings (SSSR count). The molecular formula is C23H33N3O3. The molecule has 0 aromatic heterocycles. The van der Waals surface area contributed by atoms with E-state index in [0.717, 1.165) is 5.56 Å². The molecule has 0 spiro atoms. The molecule has 6 heteroatoms. The molecule has 0 aliphatic carbocycles. The van der Waals surface area contributed by atoms with Gasteiger partial charge in [-0.25, -0.2) is 0 Å². The van der Waals surface area contributed by atoms with Gasteiger partial charge in [0.15, 0.2) is 0 Å². The number of carbonyl (C=O) groups excluding carboxylic acids is 3. The predicted octanol–water partition coefficient (Wildman–Crippen LogP) is 2.56. The molecule has 2 aliphatic heterocycles. The van der Waals surface area contributed by atoms with Gasteiger partial charge in [0.05, 0.1) is 6.04 Å². The number of nitrogens with zero attached hydrogens (tertiary/aromatic N) is 3. The first-order chi connectivity index (χ1) is 13.6. The fourth-order valence-electron chi connectivity index (χ4n) is 4.56. The third kappa shape index (κ3) is 4.46. The number of hydrogen-bond donors (Lipinski definition) is 0. The largest absolute Gasteiger partial charge is 0.349 e. The molecule has 29 heavy (non-hydrogen) atoms. The molecular weight excluding hydrogens is 366 g/mol. The van der Waals surface area contributed by atoms with Crippen LogP contribution < -0.4 is 0 Å². The SMILES string of the molecule is CN(C)C(=O)CCC(=O)N1C[C@H]2CN(C(=O)C(C)(C)C)[C@H](c3ccccc3)[C@H]2C1. The maximum Gasteiger partial charge on any atom is 0.228 e. The van der Waals surface area contributed by atoms with E-state index in [0.29, 0.717) is 19.6 Å². The Kier molecular flexibility index (Phi) is 6.01. The van der Waals surface area contributed by atoms with Gasteiger partial charge in [0, 0.05) is 63.8 Å². The minimum atomic E-state index is -0.437. The van der Waals surface area contributed by atoms with Crippen molar-refractivity contribution in [3.63, 3.8) is 0 Å². The summed E-state index contributed by atoms with van der Waals surface area (Å²) in [7, 11) is 3.41. The molecule has 2 heterocycles. The van der Waals surface area contributed by atoms with E-state index in [-0.39, 0.29) is 48.4 Å². The van der Waals surface area contributed by atoms with Crippen LogP contribution in [0, 0.1) is 17.3 Å². The van der Waals surface area contributed by atoms with Crippen molar-refractivity contribution in [1.29, 1.82) is 0 Å². The minimum absolute atomic E-state index is 0.00543. The molecule has 2 aliphatic rings. The van der Waals surface area contributed by atoms with Gasteiger partial charge in [0.2, 0.25) is 17.7 Å². The normalized spacial score (nSPS) is 23.8. The maximum atomic E-state index is 13.1. The second-order valence-electron chi connectivity index (χ2n) is 9.57. The third-order valence-electron chi connectivity index (χ3n) is 6.11. The van der Waals surface area contributed by atoms with Crippen LogP contribution in [-0.2, 0) is 14.4 Å². The van der Waals surface area contributed by atoms with Crippen LogP contribution in [0.25, 0.3) is 0 Å². The topological polar surface area (TPSA) is 60.9 Å². The zero-order chi connectivity index (χ0) is 21.3. The molecule has 0 unspecified atom stereocenters. The molecule has 6 nitrogen and oxygen atoms in total. The Morgan fingerprint density at radius 3 is 2.24 bits per heavy atom. The molecule has 3 amide bonds. The summed E-state index contributed by atoms with van der Waals surface area (Å²) >= 11 is 0. The summed E-state index contributed by atoms with van der Waals surface area (Å²) in [6.07, 6.45) is 0.492. The lowest BCUT2D eigenvalue weighted by atomic mass is 9.88. The minimum Gasteiger partial charge on any atom is -0.349 e. The van der Waals surface area contributed by atoms with Gasteiger partial charge in [0.25, 0.3) is 0 Å². The van der Waals surface area contributed by atoms with Gasteiger partial charge < -0.3 is 14.7 Å². The Bertz CT molecular complexity index is 769. The van der Waals surface area contributed by atoms with E-state index in [1.165, 1.54) is 4.90 Å². The molecule has 2 fully saturated rings. The molecule has 0 N–H and O–H groups in total. The van der Waals surface area contributed by atoms with E-state index in [1.54, 1.807) is 14.1 Å². The van der Waals surface area contributed by atoms with Crippen molar-refractivity contribution in [2.45, 2.75) is 39.7 Å². The van der Waals surface area contributed by atoms with E-state index in [4.69, 9.17) is 0 Å². The highest BCUT2D eigenvalue weighted by atomic mass is 16.2. The second kappa shape index (κ2) is 8.17. The van der Waals surface area contributed by atoms with Crippen molar-refractivity contribution in [3.8, 4) is 0 Å². The Morgan fingerprint density at radius 2 is 1.66 bits per heavy atom. The van der Waals surface area contributed by atoms with Crippen molar-refractivity contribution in [2.75, 3.05) is 33.7 Å². The van der Waals surface area contributed by atoms with Crippen LogP contribution in [-0.4, -0.2) is 66.2 Å². The van der Waals surface area contributed by atoms with Crippen LogP contribution in [0.5, 0.6) is 0 Å². The van der Waals surface area contributed by atoms with E-state index < -0.39 is 5.41 Å². The summed E-state index contributed by atoms with van der Waals surface area (Å²) in [6, 6.07) is 10.2. The van der Waals surface area contributed by atoms with Crippen LogP contribution in [0.15, 0.2) is 30.3 Å². The molecule has 1 aromatic rings. The highest BCUT2D eigenvalue weighted by molar-refractivity contribution is 5.84. The Labute approximate surface area is 173 Å². The van der Waals surface area contributed by atoms with Crippen LogP contribution in [0.3, 0.4) is 0 Å². The van der Waals surface area contributed by atoms with Gasteiger partial charge in [-0.05, 0) is 5.56 Å². The average molecular weight is 400 g/mol. The summed E-state index contributed by atoms with van der Waals surface area (Å²) in [4.78, 5) is 43.1. The van der Waals surface area contributed by atoms with Crippen molar-refractivity contribution < 1.29 is 14.4 Å². The lowest BCUT2D eigenvalue weighted by molar-refractivity contribution is -0.141. The van der Waals surface area contributed by atoms with Gasteiger partial charge in [-0.15, -0.1) is 0 Å². The van der Waals surface area contributed by atoms with Crippen molar-refractivity contribution in [2.24, 2.45) is 17.3 Å². The Hall–Kier alpha value is -2.37. The number of fused-ring (bicyclic) bond motifs is 1. The van der Waals surface area contributed by atoms with Gasteiger partial charge in [-0.1, -0.05) is 51.1 Å². The second-order valence-corrected chi connectivity index (χ2v) is 9.57. The van der Waals surface area contributed by atoms with Crippen molar-refractivity contribution >= 4 is 17.7 Å². The summed E-state index contributed by atoms with van der Waals surface area (Å²) in [5.41, 5.74) is 0.697. The number of rotatable bonds is 4. The number of carbonyl (C=O) groups is 3. The van der Waals surface area contributed by atoms with E-state index in [1.807, 2.05) is 48.8 Å². The molecule has 0 radical (unpaired) electrons. The van der Waals surface area contributed by atoms with E-state index in [9.17, 15) is 14.4 Å². The third-order valence-corrected chi connectivity index (χ3v) is 6.11. The quantitative estimate of drug-likeness (QED) is 0.782. The fourth-order valence-corrected chi connectivity index (χ4v) is 4.56. The first kappa shape index (κ1) is 21.3. The van der Waals surface area contributed by atoms with Crippen LogP contribution in [0.1, 0.15) is 45.2 Å². The van der Waals surface area contributed by atoms with Crippen LogP contribution >= 0.6 is 0 Å². The van der Waals surface area contributed by atoms with Gasteiger partial charge >= 0.3 is 0 Å². The molecule has 0 saturated carbocycles. The molecule has 158 valence electrons. The number of hydrogen-bond acceptors (Lipinski definition) is 3. The Morgan fingerprint density at radius 1 is 1.00 bits per heavy atom. The smallest absolute Gasteiger partial charge is 0.228 e. The zero-order valence-corrected chi connectivity index (χ0v) is 18.2. The highest BCUT2D eigenvalue weighted by Crippen LogP contribution is 2.46. The van der Waals surface area contributed by atoms with Gasteiger partial charge in [0.1, 0.15) is 0 Å². The lowest BCUT2D eigenvalue weighted by Crippen LogP contribution is -2.42. The van der Waals surface area contributed by atoms with Crippen molar-refractivity contribution in [1.82, 2.24) is 14.7 Å². The predicted molar refractivity (Wildman–Crippen MR) is 112 cm³/mol. The summed E-state index contributed by atoms with van der Waals surface area (Å²) in [5, 5.41) is 0.